The van der Waals surface area contributed by atoms with Crippen LogP contribution in [0.25, 0.3) is 0 Å². The molecule has 0 atom stereocenters. The number of furan rings is 1. The van der Waals surface area contributed by atoms with Crippen molar-refractivity contribution in [3.63, 3.8) is 0 Å². The zero-order valence-corrected chi connectivity index (χ0v) is 82.6. The molecule has 8 aliphatic rings. The Morgan fingerprint density at radius 2 is 0.732 bits per heavy atom. The van der Waals surface area contributed by atoms with E-state index in [1.54, 1.807) is 83.6 Å². The Morgan fingerprint density at radius 1 is 0.355 bits per heavy atom. The van der Waals surface area contributed by atoms with Crippen molar-refractivity contribution >= 4 is 107 Å². The molecular weight excluding hydrogens is 1750 g/mol. The summed E-state index contributed by atoms with van der Waals surface area (Å²) in [5.74, 6) is 2.99. The fourth-order valence-electron chi connectivity index (χ4n) is 11.6. The van der Waals surface area contributed by atoms with Crippen molar-refractivity contribution in [1.82, 2.24) is 60.9 Å². The highest BCUT2D eigenvalue weighted by Gasteiger charge is 2.15. The highest BCUT2D eigenvalue weighted by molar-refractivity contribution is 6.00. The Kier molecular flexibility index (Phi) is 62.0. The summed E-state index contributed by atoms with van der Waals surface area (Å²) in [6, 6.07) is 1.89. The lowest BCUT2D eigenvalue weighted by molar-refractivity contribution is 0.449. The first-order valence-corrected chi connectivity index (χ1v) is 44.6. The molecule has 0 amide bonds. The van der Waals surface area contributed by atoms with Gasteiger partial charge in [-0.05, 0) is 121 Å². The number of nitrogens with one attached hydrogen (secondary N) is 12. The van der Waals surface area contributed by atoms with Gasteiger partial charge in [-0.25, -0.2) is 0 Å². The number of allylic oxidation sites excluding steroid dienone is 24. The zero-order chi connectivity index (χ0) is 103. The van der Waals surface area contributed by atoms with Gasteiger partial charge in [0.05, 0.1) is 12.5 Å². The summed E-state index contributed by atoms with van der Waals surface area (Å²) in [7, 11) is 20.8. The Balaban J connectivity index is 0.000000776. The molecule has 46 nitrogen and oxygen atoms in total. The lowest BCUT2D eigenvalue weighted by Crippen LogP contribution is -2.45. The second-order valence-electron chi connectivity index (χ2n) is 30.8. The van der Waals surface area contributed by atoms with Crippen LogP contribution in [0.4, 0.5) is 0 Å². The molecule has 8 aliphatic carbocycles. The Morgan fingerprint density at radius 3 is 1.09 bits per heavy atom. The van der Waals surface area contributed by atoms with E-state index in [1.165, 1.54) is 54.4 Å². The third-order valence-electron chi connectivity index (χ3n) is 19.7. The van der Waals surface area contributed by atoms with E-state index in [0.717, 1.165) is 147 Å². The van der Waals surface area contributed by atoms with E-state index < -0.39 is 0 Å². The van der Waals surface area contributed by atoms with Gasteiger partial charge in [-0.2, -0.15) is 15.0 Å². The van der Waals surface area contributed by atoms with Crippen LogP contribution in [0.5, 0.6) is 0 Å². The van der Waals surface area contributed by atoms with Crippen LogP contribution >= 0.6 is 0 Å². The SMILES string of the molecule is CN(C(=N)N)C(N)=NCCC1=CCC=C1.CN(C)C(N)=NC(N)=NCCc1ccoc1.CN(CCC1=CCC=C1)C(=N)N(C)C(=N)N.CN(CCC1=CCC=C1)C(N)=NC(=N)N.CN=C(N)NC(=N)N(C)CCC1=CCC=C1.CN=C(N)NC(N)=NCCC1=CCC=C1.CN=C(NC(=N)N)N(C)CCC1=CCC=C1.CN=C(NCCC1=CCC=C1)NC(=N)N.NC(N)=NC(N)=NCCC1=CCC=C1. The van der Waals surface area contributed by atoms with Gasteiger partial charge in [0.1, 0.15) is 0 Å². The predicted molar refractivity (Wildman–Crippen MR) is 576 cm³/mol. The van der Waals surface area contributed by atoms with Gasteiger partial charge in [-0.3, -0.25) is 109 Å². The molecule has 0 radical (unpaired) electrons. The normalized spacial score (nSPS) is 14.8. The van der Waals surface area contributed by atoms with Crippen LogP contribution in [0, 0.1) is 37.9 Å². The molecule has 0 fully saturated rings. The maximum Gasteiger partial charge on any atom is 0.218 e. The number of hydrogen-bond acceptors (Lipinski definition) is 16. The Hall–Kier alpha value is -16.2. The average Bonchev–Trinajstić information content (AvgIpc) is 1.33. The summed E-state index contributed by atoms with van der Waals surface area (Å²) in [6.45, 7) is 6.41. The topological polar surface area (TPSA) is 789 Å². The summed E-state index contributed by atoms with van der Waals surface area (Å²) in [5.41, 5.74) is 92.3. The minimum Gasteiger partial charge on any atom is -0.472 e. The molecule has 0 spiro atoms. The minimum absolute atomic E-state index is 0.0637. The third-order valence-corrected chi connectivity index (χ3v) is 19.7. The van der Waals surface area contributed by atoms with Gasteiger partial charge in [0.25, 0.3) is 0 Å². The smallest absolute Gasteiger partial charge is 0.218 e. The second-order valence-corrected chi connectivity index (χ2v) is 30.8. The van der Waals surface area contributed by atoms with Crippen LogP contribution in [-0.4, -0.2) is 285 Å². The molecule has 46 heteroatoms. The summed E-state index contributed by atoms with van der Waals surface area (Å²) >= 11 is 0. The Bertz CT molecular complexity index is 4910. The summed E-state index contributed by atoms with van der Waals surface area (Å²) < 4.78 is 4.93. The van der Waals surface area contributed by atoms with Gasteiger partial charge >= 0.3 is 0 Å². The third kappa shape index (κ3) is 59.3. The summed E-state index contributed by atoms with van der Waals surface area (Å²) in [4.78, 5) is 54.7. The number of nitrogens with two attached hydrogens (primary N) is 15. The van der Waals surface area contributed by atoms with Crippen molar-refractivity contribution in [2.24, 2.45) is 141 Å². The van der Waals surface area contributed by atoms with Crippen molar-refractivity contribution < 1.29 is 4.42 Å². The van der Waals surface area contributed by atoms with Gasteiger partial charge in [-0.15, -0.1) is 0 Å². The molecule has 1 aromatic heterocycles. The van der Waals surface area contributed by atoms with Gasteiger partial charge < -0.3 is 120 Å². The minimum atomic E-state index is -0.265. The molecule has 138 heavy (non-hydrogen) atoms. The van der Waals surface area contributed by atoms with Crippen LogP contribution in [-0.2, 0) is 6.42 Å². The van der Waals surface area contributed by atoms with Crippen molar-refractivity contribution in [2.75, 3.05) is 143 Å². The van der Waals surface area contributed by atoms with Crippen molar-refractivity contribution in [3.05, 3.63) is 215 Å². The summed E-state index contributed by atoms with van der Waals surface area (Å²) in [5, 5.41) is 64.9. The molecule has 0 saturated carbocycles. The summed E-state index contributed by atoms with van der Waals surface area (Å²) in [6.07, 6.45) is 71.2. The quantitative estimate of drug-likeness (QED) is 0.0443. The first kappa shape index (κ1) is 120. The number of aliphatic imine (C=N–C) groups is 11. The molecule has 0 aliphatic heterocycles. The van der Waals surface area contributed by atoms with Crippen molar-refractivity contribution in [1.29, 1.82) is 37.9 Å². The molecule has 0 saturated heterocycles. The van der Waals surface area contributed by atoms with Crippen molar-refractivity contribution in [2.45, 2.75) is 109 Å². The van der Waals surface area contributed by atoms with Gasteiger partial charge in [-0.1, -0.05) is 190 Å². The van der Waals surface area contributed by atoms with E-state index in [-0.39, 0.29) is 83.4 Å². The predicted octanol–water partition coefficient (Wildman–Crippen LogP) is 3.38. The van der Waals surface area contributed by atoms with Gasteiger partial charge in [0.15, 0.2) is 89.4 Å². The van der Waals surface area contributed by atoms with E-state index >= 15 is 0 Å². The maximum absolute atomic E-state index is 7.80. The number of guanidine groups is 18. The largest absolute Gasteiger partial charge is 0.472 e. The molecule has 0 unspecified atom stereocenters. The van der Waals surface area contributed by atoms with Gasteiger partial charge in [0.2, 0.25) is 17.9 Å². The van der Waals surface area contributed by atoms with E-state index in [1.807, 2.05) is 44.1 Å². The Labute approximate surface area is 814 Å². The van der Waals surface area contributed by atoms with Crippen molar-refractivity contribution in [3.8, 4) is 0 Å². The first-order chi connectivity index (χ1) is 65.7. The standard InChI is InChI=1S/3C11H19N5.C10H17N5O.4C10H17N5.C9H15N5/c1-14-10(12)15-11(13)16(2)8-7-9-5-3-4-6-9;1-15(11(14)16(2)10(12)13)8-7-9-5-3-4-6-9;1-14-11(15-10(12)13)16(2)8-7-9-5-3-4-6-9;1-15(2)10(12)14-9(11)13-5-3-8-4-6-16-7-8;1-13-9(11)15-10(12)14-7-6-8-4-2-3-5-8;1-15(10(13)14-9(11)12)7-6-8-4-2-3-5-8;1-15(9(11)12)10(13)14-7-6-8-4-2-3-5-8;1-13-10(15-9(11)12)14-7-6-8-4-2-3-5-8;10-8(11)14-9(12)13-6-5-7-3-1-2-4-7/h3,5-6H,4,7-8H2,1-2H3,(H4,12,13,14,15);3,5-6,14H,4,7-8H2,1-2H3,(H3,12,13);3,5-6H,4,7-8H2,1-2H3,(H4,12,13,14,15);4,6-7H,3,5H2,1-2H3,(H4,11,12,13,14);2,4-5H,3,6-7H2,1H3,(H5,11,12,13,14,15);2,4-5H,3,6-7H2,1H3,(H5,11,12,13,14);2,4-5H,3,6-7H2,1H3,(H3,11,12)(H2,13,14);2,4-5H,3,6-7H2,1H3,(H5,11,12,13,14,15);1,3-4H,2,5-6H2,(H6,10,11,12,13,14). The monoisotopic (exact) mass is 1910 g/mol. The van der Waals surface area contributed by atoms with Crippen LogP contribution < -0.4 is 113 Å². The maximum atomic E-state index is 7.80. The van der Waals surface area contributed by atoms with E-state index in [9.17, 15) is 0 Å². The molecule has 1 heterocycles. The lowest BCUT2D eigenvalue weighted by atomic mass is 10.2. The fraction of sp³-hybridized carbons (Fsp3) is 0.413. The molecule has 0 aromatic carbocycles. The van der Waals surface area contributed by atoms with Crippen LogP contribution in [0.15, 0.2) is 268 Å². The number of hydrogen-bond donors (Lipinski definition) is 27. The molecule has 9 rings (SSSR count). The van der Waals surface area contributed by atoms with Crippen LogP contribution in [0.3, 0.4) is 0 Å². The fourth-order valence-corrected chi connectivity index (χ4v) is 11.6. The zero-order valence-electron chi connectivity index (χ0n) is 82.6. The number of nitrogens with zero attached hydrogens (tertiary/aromatic N) is 18. The van der Waals surface area contributed by atoms with Gasteiger partial charge in [0, 0.05) is 143 Å². The van der Waals surface area contributed by atoms with Crippen LogP contribution in [0.1, 0.15) is 108 Å². The second kappa shape index (κ2) is 71.4. The number of rotatable bonds is 27. The highest BCUT2D eigenvalue weighted by Crippen LogP contribution is 2.19. The first-order valence-electron chi connectivity index (χ1n) is 44.6. The molecule has 1 aromatic rings. The highest BCUT2D eigenvalue weighted by atomic mass is 16.3. The molecular formula is C92H157N45O. The molecule has 756 valence electrons. The van der Waals surface area contributed by atoms with E-state index in [4.69, 9.17) is 128 Å². The lowest BCUT2D eigenvalue weighted by Gasteiger charge is -2.26. The van der Waals surface area contributed by atoms with Crippen LogP contribution in [0.2, 0.25) is 0 Å². The van der Waals surface area contributed by atoms with E-state index in [2.05, 4.69) is 227 Å². The van der Waals surface area contributed by atoms with E-state index in [0.29, 0.717) is 50.0 Å². The molecule has 42 N–H and O–H groups in total. The average molecular weight is 1910 g/mol. The molecule has 0 bridgehead atoms.